The van der Waals surface area contributed by atoms with E-state index in [2.05, 4.69) is 25.7 Å². The summed E-state index contributed by atoms with van der Waals surface area (Å²) in [6, 6.07) is 14.5. The monoisotopic (exact) mass is 632 g/mol. The van der Waals surface area contributed by atoms with Crippen molar-refractivity contribution in [2.75, 3.05) is 6.61 Å². The minimum absolute atomic E-state index is 0.0576. The summed E-state index contributed by atoms with van der Waals surface area (Å²) in [6.45, 7) is 6.64. The van der Waals surface area contributed by atoms with Gasteiger partial charge in [0.15, 0.2) is 23.1 Å². The van der Waals surface area contributed by atoms with Gasteiger partial charge in [-0.3, -0.25) is 0 Å². The van der Waals surface area contributed by atoms with Crippen molar-refractivity contribution in [1.29, 1.82) is 0 Å². The van der Waals surface area contributed by atoms with Crippen LogP contribution in [0.3, 0.4) is 0 Å². The lowest BCUT2D eigenvalue weighted by Gasteiger charge is -2.13. The molecule has 3 aromatic carbocycles. The zero-order chi connectivity index (χ0) is 33.1. The van der Waals surface area contributed by atoms with Crippen molar-refractivity contribution in [1.82, 2.24) is 0 Å². The van der Waals surface area contributed by atoms with E-state index >= 15 is 0 Å². The van der Waals surface area contributed by atoms with Crippen LogP contribution in [0.2, 0.25) is 0 Å². The Morgan fingerprint density at radius 3 is 1.89 bits per heavy atom. The number of benzene rings is 3. The Balaban J connectivity index is 1.49. The Kier molecular flexibility index (Phi) is 15.8. The molecule has 0 aliphatic heterocycles. The Morgan fingerprint density at radius 1 is 0.652 bits per heavy atom. The molecule has 0 N–H and O–H groups in total. The van der Waals surface area contributed by atoms with Crippen LogP contribution in [0.5, 0.6) is 11.5 Å². The van der Waals surface area contributed by atoms with Crippen molar-refractivity contribution in [3.63, 3.8) is 0 Å². The van der Waals surface area contributed by atoms with Crippen LogP contribution >= 0.6 is 0 Å². The lowest BCUT2D eigenvalue weighted by atomic mass is 10.1. The average molecular weight is 633 g/mol. The molecule has 0 aliphatic carbocycles. The molecule has 46 heavy (non-hydrogen) atoms. The fraction of sp³-hybridized carbons (Fsp3) is 0.436. The predicted octanol–water partition coefficient (Wildman–Crippen LogP) is 10.2. The maximum Gasteiger partial charge on any atom is 0.343 e. The molecule has 3 aromatic rings. The summed E-state index contributed by atoms with van der Waals surface area (Å²) in [6.07, 6.45) is 13.1. The quantitative estimate of drug-likeness (QED) is 0.0604. The first-order valence-electron chi connectivity index (χ1n) is 16.6. The molecule has 0 unspecified atom stereocenters. The van der Waals surface area contributed by atoms with E-state index < -0.39 is 17.6 Å². The molecule has 0 aliphatic rings. The second kappa shape index (κ2) is 20.0. The third kappa shape index (κ3) is 12.7. The van der Waals surface area contributed by atoms with E-state index in [-0.39, 0.29) is 29.1 Å². The smallest absolute Gasteiger partial charge is 0.343 e. The Bertz CT molecular complexity index is 1460. The van der Waals surface area contributed by atoms with Crippen molar-refractivity contribution in [3.8, 4) is 23.3 Å². The predicted molar refractivity (Wildman–Crippen MR) is 177 cm³/mol. The molecular formula is C39H46F2O5. The van der Waals surface area contributed by atoms with Gasteiger partial charge in [-0.2, -0.15) is 0 Å². The molecule has 0 fully saturated rings. The Labute approximate surface area is 272 Å². The highest BCUT2D eigenvalue weighted by molar-refractivity contribution is 5.91. The van der Waals surface area contributed by atoms with Crippen molar-refractivity contribution in [2.24, 2.45) is 0 Å². The first-order valence-corrected chi connectivity index (χ1v) is 16.6. The van der Waals surface area contributed by atoms with Gasteiger partial charge in [-0.25, -0.2) is 18.4 Å². The number of carbonyl (C=O) groups is 2. The first kappa shape index (κ1) is 36.3. The van der Waals surface area contributed by atoms with Crippen molar-refractivity contribution in [2.45, 2.75) is 104 Å². The summed E-state index contributed by atoms with van der Waals surface area (Å²) in [4.78, 5) is 25.0. The minimum atomic E-state index is -0.889. The first-order chi connectivity index (χ1) is 22.3. The summed E-state index contributed by atoms with van der Waals surface area (Å²) in [5.41, 5.74) is 1.38. The van der Waals surface area contributed by atoms with Crippen LogP contribution in [0.4, 0.5) is 8.78 Å². The maximum absolute atomic E-state index is 14.8. The van der Waals surface area contributed by atoms with Gasteiger partial charge in [-0.05, 0) is 86.8 Å². The van der Waals surface area contributed by atoms with E-state index in [9.17, 15) is 18.4 Å². The largest absolute Gasteiger partial charge is 0.491 e. The van der Waals surface area contributed by atoms with Crippen LogP contribution in [-0.4, -0.2) is 24.6 Å². The van der Waals surface area contributed by atoms with Gasteiger partial charge in [0.25, 0.3) is 0 Å². The molecule has 0 aromatic heterocycles. The van der Waals surface area contributed by atoms with Crippen LogP contribution in [0, 0.1) is 23.5 Å². The van der Waals surface area contributed by atoms with Crippen molar-refractivity contribution < 1.29 is 32.6 Å². The molecule has 0 amide bonds. The molecule has 0 spiro atoms. The molecule has 5 nitrogen and oxygen atoms in total. The van der Waals surface area contributed by atoms with E-state index in [1.54, 1.807) is 24.3 Å². The second-order valence-corrected chi connectivity index (χ2v) is 11.5. The third-order valence-corrected chi connectivity index (χ3v) is 7.55. The number of hydrogen-bond acceptors (Lipinski definition) is 5. The number of rotatable bonds is 18. The lowest BCUT2D eigenvalue weighted by Crippen LogP contribution is -2.15. The third-order valence-electron chi connectivity index (χ3n) is 7.55. The summed E-state index contributed by atoms with van der Waals surface area (Å²) in [5.74, 6) is 2.85. The highest BCUT2D eigenvalue weighted by Gasteiger charge is 2.16. The van der Waals surface area contributed by atoms with Crippen molar-refractivity contribution >= 4 is 11.9 Å². The van der Waals surface area contributed by atoms with Gasteiger partial charge in [0.2, 0.25) is 0 Å². The number of halogens is 2. The number of hydrogen-bond donors (Lipinski definition) is 0. The van der Waals surface area contributed by atoms with Gasteiger partial charge in [0.1, 0.15) is 0 Å². The SMILES string of the molecule is CCCCCCCCCOc1ccc(C(=O)Oc2ccc(C#Cc3ccc(C(=O)O[C@H](C)CCCCCC)cc3)cc2F)cc1F. The fourth-order valence-electron chi connectivity index (χ4n) is 4.81. The number of carbonyl (C=O) groups excluding carboxylic acids is 2. The maximum atomic E-state index is 14.8. The molecule has 0 heterocycles. The molecule has 0 saturated heterocycles. The van der Waals surface area contributed by atoms with Crippen LogP contribution < -0.4 is 9.47 Å². The van der Waals surface area contributed by atoms with E-state index in [1.807, 2.05) is 6.92 Å². The molecule has 0 bridgehead atoms. The van der Waals surface area contributed by atoms with Crippen LogP contribution in [-0.2, 0) is 4.74 Å². The molecule has 0 saturated carbocycles. The average Bonchev–Trinajstić information content (AvgIpc) is 3.05. The normalized spacial score (nSPS) is 11.3. The number of unbranched alkanes of at least 4 members (excludes halogenated alkanes) is 9. The second-order valence-electron chi connectivity index (χ2n) is 11.5. The topological polar surface area (TPSA) is 61.8 Å². The molecule has 7 heteroatoms. The molecule has 0 radical (unpaired) electrons. The van der Waals surface area contributed by atoms with Gasteiger partial charge in [0, 0.05) is 11.1 Å². The zero-order valence-corrected chi connectivity index (χ0v) is 27.3. The summed E-state index contributed by atoms with van der Waals surface area (Å²) in [5, 5.41) is 0. The van der Waals surface area contributed by atoms with Crippen LogP contribution in [0.25, 0.3) is 0 Å². The minimum Gasteiger partial charge on any atom is -0.491 e. The molecule has 3 rings (SSSR count). The van der Waals surface area contributed by atoms with Gasteiger partial charge < -0.3 is 14.2 Å². The summed E-state index contributed by atoms with van der Waals surface area (Å²) < 4.78 is 45.6. The summed E-state index contributed by atoms with van der Waals surface area (Å²) >= 11 is 0. The van der Waals surface area contributed by atoms with Crippen LogP contribution in [0.1, 0.15) is 130 Å². The van der Waals surface area contributed by atoms with E-state index in [1.165, 1.54) is 56.4 Å². The van der Waals surface area contributed by atoms with E-state index in [0.717, 1.165) is 57.1 Å². The number of esters is 2. The Hall–Kier alpha value is -4.18. The van der Waals surface area contributed by atoms with Gasteiger partial charge in [-0.15, -0.1) is 0 Å². The molecule has 246 valence electrons. The van der Waals surface area contributed by atoms with Gasteiger partial charge >= 0.3 is 11.9 Å². The number of ether oxygens (including phenoxy) is 3. The highest BCUT2D eigenvalue weighted by atomic mass is 19.1. The van der Waals surface area contributed by atoms with E-state index in [4.69, 9.17) is 14.2 Å². The highest BCUT2D eigenvalue weighted by Crippen LogP contribution is 2.23. The fourth-order valence-corrected chi connectivity index (χ4v) is 4.81. The summed E-state index contributed by atoms with van der Waals surface area (Å²) in [7, 11) is 0. The zero-order valence-electron chi connectivity index (χ0n) is 27.3. The molecule has 1 atom stereocenters. The van der Waals surface area contributed by atoms with Gasteiger partial charge in [-0.1, -0.05) is 83.5 Å². The van der Waals surface area contributed by atoms with Crippen LogP contribution in [0.15, 0.2) is 60.7 Å². The lowest BCUT2D eigenvalue weighted by molar-refractivity contribution is 0.0319. The standard InChI is InChI=1S/C39H46F2O5/c1-4-6-8-10-11-12-14-26-44-36-25-23-33(28-35(36)41)39(43)46-37-24-20-31(27-34(37)40)17-16-30-18-21-32(22-19-30)38(42)45-29(3)15-13-9-7-5-2/h18-25,27-29H,4-15,26H2,1-3H3/t29-/m1/s1. The van der Waals surface area contributed by atoms with Gasteiger partial charge in [0.05, 0.1) is 23.8 Å². The Morgan fingerprint density at radius 2 is 1.22 bits per heavy atom. The van der Waals surface area contributed by atoms with Crippen molar-refractivity contribution in [3.05, 3.63) is 94.6 Å². The van der Waals surface area contributed by atoms with E-state index in [0.29, 0.717) is 23.3 Å². The molecular weight excluding hydrogens is 586 g/mol.